The molecule has 3 aromatic carbocycles. The fourth-order valence-electron chi connectivity index (χ4n) is 3.36. The molecule has 5 aromatic rings. The Kier molecular flexibility index (Phi) is 3.91. The van der Waals surface area contributed by atoms with Crippen molar-refractivity contribution in [3.05, 3.63) is 83.6 Å². The lowest BCUT2D eigenvalue weighted by Crippen LogP contribution is -2.12. The summed E-state index contributed by atoms with van der Waals surface area (Å²) in [5, 5.41) is 12.9. The minimum absolute atomic E-state index is 0.288. The molecule has 2 heterocycles. The van der Waals surface area contributed by atoms with Crippen LogP contribution in [0.25, 0.3) is 27.7 Å². The Morgan fingerprint density at radius 3 is 2.48 bits per heavy atom. The summed E-state index contributed by atoms with van der Waals surface area (Å²) in [6, 6.07) is 21.1. The van der Waals surface area contributed by atoms with Gasteiger partial charge in [-0.25, -0.2) is 0 Å². The highest BCUT2D eigenvalue weighted by molar-refractivity contribution is 6.06. The minimum atomic E-state index is -0.288. The second-order valence-electron chi connectivity index (χ2n) is 7.03. The Morgan fingerprint density at radius 1 is 0.931 bits per heavy atom. The van der Waals surface area contributed by atoms with E-state index >= 15 is 0 Å². The molecule has 1 N–H and O–H groups in total. The molecule has 0 fully saturated rings. The number of aryl methyl sites for hydroxylation is 2. The van der Waals surface area contributed by atoms with Gasteiger partial charge >= 0.3 is 0 Å². The summed E-state index contributed by atoms with van der Waals surface area (Å²) in [4.78, 5) is 14.3. The quantitative estimate of drug-likeness (QED) is 0.475. The molecule has 0 bridgehead atoms. The van der Waals surface area contributed by atoms with Crippen molar-refractivity contribution in [1.29, 1.82) is 0 Å². The number of nitrogens with zero attached hydrogens (tertiary/aromatic N) is 3. The van der Waals surface area contributed by atoms with Crippen LogP contribution in [0.4, 0.5) is 5.69 Å². The molecule has 5 rings (SSSR count). The van der Waals surface area contributed by atoms with Crippen LogP contribution in [-0.4, -0.2) is 20.9 Å². The molecule has 0 saturated heterocycles. The lowest BCUT2D eigenvalue weighted by Gasteiger charge is -2.03. The summed E-state index contributed by atoms with van der Waals surface area (Å²) >= 11 is 0. The van der Waals surface area contributed by atoms with Gasteiger partial charge in [0.05, 0.1) is 5.69 Å². The number of carbonyl (C=O) groups is 1. The average molecular weight is 382 g/mol. The van der Waals surface area contributed by atoms with Crippen LogP contribution in [-0.2, 0) is 0 Å². The van der Waals surface area contributed by atoms with Gasteiger partial charge in [0.1, 0.15) is 16.6 Å². The van der Waals surface area contributed by atoms with Crippen molar-refractivity contribution in [3.8, 4) is 5.69 Å². The zero-order valence-corrected chi connectivity index (χ0v) is 16.0. The maximum Gasteiger partial charge on any atom is 0.291 e. The molecule has 0 saturated carbocycles. The van der Waals surface area contributed by atoms with E-state index in [2.05, 4.69) is 15.5 Å². The Bertz CT molecular complexity index is 1360. The molecule has 6 nitrogen and oxygen atoms in total. The standard InChI is InChI=1S/C23H18N4O2/c1-14-7-10-17(11-8-14)27-25-19-12-9-16(13-20(19)26-27)24-23(28)22-15(2)18-5-3-4-6-21(18)29-22/h3-13H,1-2H3,(H,24,28). The molecule has 0 spiro atoms. The molecule has 29 heavy (non-hydrogen) atoms. The molecular weight excluding hydrogens is 364 g/mol. The Hall–Kier alpha value is -3.93. The predicted octanol–water partition coefficient (Wildman–Crippen LogP) is 5.04. The number of hydrogen-bond donors (Lipinski definition) is 1. The highest BCUT2D eigenvalue weighted by atomic mass is 16.3. The monoisotopic (exact) mass is 382 g/mol. The van der Waals surface area contributed by atoms with Crippen molar-refractivity contribution in [2.45, 2.75) is 13.8 Å². The number of carbonyl (C=O) groups excluding carboxylic acids is 1. The van der Waals surface area contributed by atoms with E-state index in [0.29, 0.717) is 22.5 Å². The summed E-state index contributed by atoms with van der Waals surface area (Å²) in [7, 11) is 0. The highest BCUT2D eigenvalue weighted by Gasteiger charge is 2.18. The molecule has 2 aromatic heterocycles. The molecule has 6 heteroatoms. The first kappa shape index (κ1) is 17.2. The Balaban J connectivity index is 1.45. The molecule has 0 aliphatic carbocycles. The fourth-order valence-corrected chi connectivity index (χ4v) is 3.36. The molecule has 0 aliphatic rings. The van der Waals surface area contributed by atoms with Gasteiger partial charge in [-0.05, 0) is 50.2 Å². The van der Waals surface area contributed by atoms with Crippen LogP contribution < -0.4 is 5.32 Å². The van der Waals surface area contributed by atoms with Crippen molar-refractivity contribution in [1.82, 2.24) is 15.0 Å². The second-order valence-corrected chi connectivity index (χ2v) is 7.03. The van der Waals surface area contributed by atoms with Crippen LogP contribution >= 0.6 is 0 Å². The summed E-state index contributed by atoms with van der Waals surface area (Å²) in [5.41, 5.74) is 5.68. The Morgan fingerprint density at radius 2 is 1.69 bits per heavy atom. The van der Waals surface area contributed by atoms with Crippen molar-refractivity contribution in [3.63, 3.8) is 0 Å². The van der Waals surface area contributed by atoms with Gasteiger partial charge in [-0.2, -0.15) is 4.80 Å². The van der Waals surface area contributed by atoms with Crippen LogP contribution in [0.3, 0.4) is 0 Å². The smallest absolute Gasteiger partial charge is 0.291 e. The van der Waals surface area contributed by atoms with Crippen LogP contribution in [0.5, 0.6) is 0 Å². The van der Waals surface area contributed by atoms with E-state index < -0.39 is 0 Å². The first-order valence-electron chi connectivity index (χ1n) is 9.32. The van der Waals surface area contributed by atoms with Crippen LogP contribution in [0.1, 0.15) is 21.7 Å². The normalized spacial score (nSPS) is 11.2. The number of anilines is 1. The van der Waals surface area contributed by atoms with Gasteiger partial charge in [0, 0.05) is 16.6 Å². The van der Waals surface area contributed by atoms with Gasteiger partial charge in [-0.3, -0.25) is 4.79 Å². The van der Waals surface area contributed by atoms with Crippen molar-refractivity contribution in [2.24, 2.45) is 0 Å². The number of furan rings is 1. The molecule has 0 aliphatic heterocycles. The van der Waals surface area contributed by atoms with Crippen LogP contribution in [0.15, 0.2) is 71.1 Å². The molecule has 0 unspecified atom stereocenters. The van der Waals surface area contributed by atoms with Crippen molar-refractivity contribution < 1.29 is 9.21 Å². The van der Waals surface area contributed by atoms with Gasteiger partial charge in [0.15, 0.2) is 5.76 Å². The lowest BCUT2D eigenvalue weighted by molar-refractivity contribution is 0.0998. The van der Waals surface area contributed by atoms with Gasteiger partial charge in [0.2, 0.25) is 0 Å². The number of hydrogen-bond acceptors (Lipinski definition) is 4. The summed E-state index contributed by atoms with van der Waals surface area (Å²) in [6.07, 6.45) is 0. The van der Waals surface area contributed by atoms with Gasteiger partial charge in [0.25, 0.3) is 5.91 Å². The van der Waals surface area contributed by atoms with E-state index in [1.54, 1.807) is 4.80 Å². The number of aromatic nitrogens is 3. The van der Waals surface area contributed by atoms with Crippen LogP contribution in [0, 0.1) is 13.8 Å². The zero-order valence-electron chi connectivity index (χ0n) is 16.0. The fraction of sp³-hybridized carbons (Fsp3) is 0.0870. The van der Waals surface area contributed by atoms with E-state index in [1.165, 1.54) is 5.56 Å². The van der Waals surface area contributed by atoms with Crippen LogP contribution in [0.2, 0.25) is 0 Å². The SMILES string of the molecule is Cc1ccc(-n2nc3ccc(NC(=O)c4oc5ccccc5c4C)cc3n2)cc1. The van der Waals surface area contributed by atoms with Gasteiger partial charge < -0.3 is 9.73 Å². The molecule has 0 radical (unpaired) electrons. The summed E-state index contributed by atoms with van der Waals surface area (Å²) in [6.45, 7) is 3.92. The average Bonchev–Trinajstić information content (AvgIpc) is 3.30. The molecule has 142 valence electrons. The third-order valence-electron chi connectivity index (χ3n) is 4.95. The first-order chi connectivity index (χ1) is 14.1. The number of fused-ring (bicyclic) bond motifs is 2. The number of nitrogens with one attached hydrogen (secondary N) is 1. The second kappa shape index (κ2) is 6.60. The molecule has 1 amide bonds. The van der Waals surface area contributed by atoms with Crippen molar-refractivity contribution in [2.75, 3.05) is 5.32 Å². The van der Waals surface area contributed by atoms with E-state index in [0.717, 1.165) is 22.2 Å². The first-order valence-corrected chi connectivity index (χ1v) is 9.32. The summed E-state index contributed by atoms with van der Waals surface area (Å²) < 4.78 is 5.75. The molecule has 0 atom stereocenters. The third-order valence-corrected chi connectivity index (χ3v) is 4.95. The minimum Gasteiger partial charge on any atom is -0.451 e. The van der Waals surface area contributed by atoms with E-state index in [4.69, 9.17) is 4.42 Å². The van der Waals surface area contributed by atoms with Gasteiger partial charge in [-0.15, -0.1) is 10.2 Å². The number of para-hydroxylation sites is 1. The van der Waals surface area contributed by atoms with E-state index in [9.17, 15) is 4.79 Å². The maximum absolute atomic E-state index is 12.8. The van der Waals surface area contributed by atoms with E-state index in [-0.39, 0.29) is 5.91 Å². The Labute approximate surface area is 166 Å². The van der Waals surface area contributed by atoms with E-state index in [1.807, 2.05) is 80.6 Å². The summed E-state index contributed by atoms with van der Waals surface area (Å²) in [5.74, 6) is 0.0265. The predicted molar refractivity (Wildman–Crippen MR) is 113 cm³/mol. The maximum atomic E-state index is 12.8. The zero-order chi connectivity index (χ0) is 20.0. The van der Waals surface area contributed by atoms with Gasteiger partial charge in [-0.1, -0.05) is 35.9 Å². The third kappa shape index (κ3) is 3.04. The lowest BCUT2D eigenvalue weighted by atomic mass is 10.1. The number of rotatable bonds is 3. The topological polar surface area (TPSA) is 73.0 Å². The number of amides is 1. The largest absolute Gasteiger partial charge is 0.451 e. The highest BCUT2D eigenvalue weighted by Crippen LogP contribution is 2.26. The number of benzene rings is 3. The molecular formula is C23H18N4O2. The van der Waals surface area contributed by atoms with Crippen molar-refractivity contribution >= 4 is 33.6 Å².